The van der Waals surface area contributed by atoms with Gasteiger partial charge in [0, 0.05) is 49.5 Å². The molecule has 172 valence electrons. The number of benzene rings is 2. The predicted octanol–water partition coefficient (Wildman–Crippen LogP) is 3.08. The molecule has 1 fully saturated rings. The quantitative estimate of drug-likeness (QED) is 0.567. The Hall–Kier alpha value is -3.32. The number of anilines is 1. The van der Waals surface area contributed by atoms with Crippen LogP contribution in [0.25, 0.3) is 11.3 Å². The Morgan fingerprint density at radius 2 is 1.91 bits per heavy atom. The van der Waals surface area contributed by atoms with Crippen molar-refractivity contribution in [2.45, 2.75) is 26.5 Å². The molecule has 7 heteroatoms. The first kappa shape index (κ1) is 21.5. The number of hydrogen-bond donors (Lipinski definition) is 1. The Balaban J connectivity index is 1.08. The van der Waals surface area contributed by atoms with E-state index in [4.69, 9.17) is 4.74 Å². The number of carbonyl (C=O) groups excluding carboxylic acids is 1. The van der Waals surface area contributed by atoms with E-state index >= 15 is 0 Å². The molecule has 1 amide bonds. The number of fused-ring (bicyclic) bond motifs is 3. The van der Waals surface area contributed by atoms with Crippen LogP contribution in [0.5, 0.6) is 5.75 Å². The van der Waals surface area contributed by atoms with Crippen LogP contribution in [0.15, 0.2) is 54.7 Å². The van der Waals surface area contributed by atoms with Crippen LogP contribution in [0.1, 0.15) is 17.5 Å². The van der Waals surface area contributed by atoms with Gasteiger partial charge in [-0.2, -0.15) is 5.10 Å². The summed E-state index contributed by atoms with van der Waals surface area (Å²) in [6.45, 7) is 8.67. The molecule has 0 saturated carbocycles. The van der Waals surface area contributed by atoms with E-state index in [0.717, 1.165) is 67.3 Å². The van der Waals surface area contributed by atoms with Crippen molar-refractivity contribution in [2.75, 3.05) is 44.2 Å². The average molecular weight is 446 g/mol. The molecule has 1 N–H and O–H groups in total. The smallest absolute Gasteiger partial charge is 0.241 e. The van der Waals surface area contributed by atoms with Gasteiger partial charge in [-0.15, -0.1) is 0 Å². The minimum atomic E-state index is -0.00417. The molecule has 2 aliphatic heterocycles. The predicted molar refractivity (Wildman–Crippen MR) is 129 cm³/mol. The molecule has 0 atom stereocenters. The number of rotatable bonds is 7. The molecule has 0 aliphatic carbocycles. The molecule has 0 radical (unpaired) electrons. The normalized spacial score (nSPS) is 15.5. The second-order valence-electron chi connectivity index (χ2n) is 8.83. The molecule has 3 heterocycles. The van der Waals surface area contributed by atoms with Crippen molar-refractivity contribution in [3.05, 3.63) is 65.9 Å². The number of piperazine rings is 1. The maximum Gasteiger partial charge on any atom is 0.241 e. The van der Waals surface area contributed by atoms with Crippen LogP contribution in [-0.2, 0) is 17.9 Å². The lowest BCUT2D eigenvalue weighted by Gasteiger charge is -2.36. The lowest BCUT2D eigenvalue weighted by molar-refractivity contribution is -0.121. The zero-order valence-corrected chi connectivity index (χ0v) is 19.2. The second-order valence-corrected chi connectivity index (χ2v) is 8.83. The third kappa shape index (κ3) is 4.88. The molecule has 1 saturated heterocycles. The van der Waals surface area contributed by atoms with Crippen molar-refractivity contribution in [3.8, 4) is 17.0 Å². The number of aromatic nitrogens is 2. The summed E-state index contributed by atoms with van der Waals surface area (Å²) in [5.41, 5.74) is 5.49. The van der Waals surface area contributed by atoms with Crippen LogP contribution in [0.2, 0.25) is 0 Å². The summed E-state index contributed by atoms with van der Waals surface area (Å²) >= 11 is 0. The molecule has 1 aromatic heterocycles. The lowest BCUT2D eigenvalue weighted by atomic mass is 10.0. The molecular formula is C26H31N5O2. The van der Waals surface area contributed by atoms with Gasteiger partial charge < -0.3 is 15.0 Å². The molecule has 5 rings (SSSR count). The van der Waals surface area contributed by atoms with E-state index < -0.39 is 0 Å². The topological polar surface area (TPSA) is 62.6 Å². The Labute approximate surface area is 195 Å². The highest BCUT2D eigenvalue weighted by molar-refractivity contribution is 5.78. The van der Waals surface area contributed by atoms with Crippen molar-refractivity contribution in [3.63, 3.8) is 0 Å². The maximum absolute atomic E-state index is 12.6. The van der Waals surface area contributed by atoms with E-state index in [0.29, 0.717) is 13.2 Å². The Morgan fingerprint density at radius 1 is 1.09 bits per heavy atom. The number of nitrogens with one attached hydrogen (secondary N) is 1. The number of amides is 1. The number of hydrogen-bond acceptors (Lipinski definition) is 5. The van der Waals surface area contributed by atoms with Gasteiger partial charge >= 0.3 is 0 Å². The van der Waals surface area contributed by atoms with Gasteiger partial charge in [-0.1, -0.05) is 29.8 Å². The molecule has 7 nitrogen and oxygen atoms in total. The highest BCUT2D eigenvalue weighted by Crippen LogP contribution is 2.37. The number of carbonyl (C=O) groups is 1. The summed E-state index contributed by atoms with van der Waals surface area (Å²) in [6.07, 6.45) is 2.76. The summed E-state index contributed by atoms with van der Waals surface area (Å²) in [4.78, 5) is 17.5. The largest absolute Gasteiger partial charge is 0.488 e. The monoisotopic (exact) mass is 445 g/mol. The highest BCUT2D eigenvalue weighted by Gasteiger charge is 2.23. The van der Waals surface area contributed by atoms with Crippen LogP contribution in [0.3, 0.4) is 0 Å². The minimum absolute atomic E-state index is 0.00417. The fourth-order valence-corrected chi connectivity index (χ4v) is 4.66. The van der Waals surface area contributed by atoms with E-state index in [2.05, 4.69) is 63.5 Å². The summed E-state index contributed by atoms with van der Waals surface area (Å²) < 4.78 is 7.63. The number of aryl methyl sites for hydroxylation is 1. The third-order valence-electron chi connectivity index (χ3n) is 6.45. The molecule has 0 bridgehead atoms. The van der Waals surface area contributed by atoms with Crippen molar-refractivity contribution in [1.82, 2.24) is 20.0 Å². The summed E-state index contributed by atoms with van der Waals surface area (Å²) in [5.74, 6) is 0.845. The van der Waals surface area contributed by atoms with Gasteiger partial charge in [0.25, 0.3) is 0 Å². The van der Waals surface area contributed by atoms with Gasteiger partial charge in [0.1, 0.15) is 18.9 Å². The summed E-state index contributed by atoms with van der Waals surface area (Å²) in [6, 6.07) is 16.7. The van der Waals surface area contributed by atoms with Gasteiger partial charge in [-0.05, 0) is 44.2 Å². The fourth-order valence-electron chi connectivity index (χ4n) is 4.66. The first-order valence-corrected chi connectivity index (χ1v) is 11.7. The highest BCUT2D eigenvalue weighted by atomic mass is 16.5. The number of ether oxygens (including phenoxy) is 1. The van der Waals surface area contributed by atoms with Gasteiger partial charge in [-0.25, -0.2) is 0 Å². The first-order chi connectivity index (χ1) is 16.2. The molecule has 3 aromatic rings. The van der Waals surface area contributed by atoms with Gasteiger partial charge in [-0.3, -0.25) is 14.4 Å². The van der Waals surface area contributed by atoms with Crippen molar-refractivity contribution < 1.29 is 9.53 Å². The van der Waals surface area contributed by atoms with E-state index in [9.17, 15) is 4.79 Å². The Morgan fingerprint density at radius 3 is 2.73 bits per heavy atom. The van der Waals surface area contributed by atoms with Crippen LogP contribution in [-0.4, -0.2) is 59.9 Å². The molecule has 0 spiro atoms. The van der Waals surface area contributed by atoms with Crippen molar-refractivity contribution in [1.29, 1.82) is 0 Å². The average Bonchev–Trinajstić information content (AvgIpc) is 3.26. The summed E-state index contributed by atoms with van der Waals surface area (Å²) in [7, 11) is 0. The lowest BCUT2D eigenvalue weighted by Crippen LogP contribution is -2.47. The zero-order valence-electron chi connectivity index (χ0n) is 19.2. The van der Waals surface area contributed by atoms with E-state index in [-0.39, 0.29) is 12.5 Å². The Bertz CT molecular complexity index is 1100. The van der Waals surface area contributed by atoms with Crippen molar-refractivity contribution in [2.24, 2.45) is 0 Å². The first-order valence-electron chi connectivity index (χ1n) is 11.7. The van der Waals surface area contributed by atoms with Crippen LogP contribution < -0.4 is 15.0 Å². The Kier molecular flexibility index (Phi) is 6.30. The molecule has 2 aromatic carbocycles. The second kappa shape index (κ2) is 9.67. The molecule has 0 unspecified atom stereocenters. The van der Waals surface area contributed by atoms with Crippen LogP contribution in [0, 0.1) is 6.92 Å². The van der Waals surface area contributed by atoms with Gasteiger partial charge in [0.15, 0.2) is 0 Å². The van der Waals surface area contributed by atoms with Crippen molar-refractivity contribution >= 4 is 11.6 Å². The third-order valence-corrected chi connectivity index (χ3v) is 6.45. The van der Waals surface area contributed by atoms with E-state index in [1.165, 1.54) is 5.69 Å². The molecule has 33 heavy (non-hydrogen) atoms. The van der Waals surface area contributed by atoms with E-state index in [1.54, 1.807) is 4.68 Å². The molecule has 2 aliphatic rings. The number of para-hydroxylation sites is 1. The zero-order chi connectivity index (χ0) is 22.6. The summed E-state index contributed by atoms with van der Waals surface area (Å²) in [5, 5.41) is 7.53. The van der Waals surface area contributed by atoms with Gasteiger partial charge in [0.05, 0.1) is 11.9 Å². The minimum Gasteiger partial charge on any atom is -0.488 e. The van der Waals surface area contributed by atoms with Crippen LogP contribution in [0.4, 0.5) is 5.69 Å². The standard InChI is InChI=1S/C26H31N5O2/c1-20-8-9-24-23(16-20)26-21(19-33-24)17-28-31(26)18-25(32)27-10-5-11-29-12-14-30(15-13-29)22-6-3-2-4-7-22/h2-4,6-9,16-17H,5,10-15,18-19H2,1H3,(H,27,32). The van der Waals surface area contributed by atoms with Gasteiger partial charge in [0.2, 0.25) is 5.91 Å². The van der Waals surface area contributed by atoms with E-state index in [1.807, 2.05) is 18.3 Å². The maximum atomic E-state index is 12.6. The SMILES string of the molecule is Cc1ccc2c(c1)-c1c(cnn1CC(=O)NCCCN1CCN(c3ccccc3)CC1)CO2. The fraction of sp³-hybridized carbons (Fsp3) is 0.385. The van der Waals surface area contributed by atoms with Crippen LogP contribution >= 0.6 is 0 Å². The number of nitrogens with zero attached hydrogens (tertiary/aromatic N) is 4. The molecular weight excluding hydrogens is 414 g/mol.